The van der Waals surface area contributed by atoms with E-state index in [1.54, 1.807) is 42.4 Å². The monoisotopic (exact) mass is 424 g/mol. The highest BCUT2D eigenvalue weighted by Gasteiger charge is 2.32. The van der Waals surface area contributed by atoms with E-state index in [0.29, 0.717) is 54.0 Å². The molecule has 2 N–H and O–H groups in total. The number of nitrogens with zero attached hydrogens (tertiary/aromatic N) is 5. The van der Waals surface area contributed by atoms with Crippen LogP contribution in [-0.4, -0.2) is 53.1 Å². The number of hydrogen-bond acceptors (Lipinski definition) is 8. The summed E-state index contributed by atoms with van der Waals surface area (Å²) in [5, 5.41) is 4.15. The molecule has 0 unspecified atom stereocenters. The Morgan fingerprint density at radius 3 is 2.74 bits per heavy atom. The predicted octanol–water partition coefficient (Wildman–Crippen LogP) is 1.76. The molecule has 4 heterocycles. The van der Waals surface area contributed by atoms with Crippen molar-refractivity contribution in [1.29, 1.82) is 0 Å². The lowest BCUT2D eigenvalue weighted by molar-refractivity contribution is 0.0996. The fraction of sp³-hybridized carbons (Fsp3) is 0.333. The zero-order valence-electron chi connectivity index (χ0n) is 17.7. The van der Waals surface area contributed by atoms with Crippen LogP contribution in [0, 0.1) is 6.92 Å². The van der Waals surface area contributed by atoms with Crippen LogP contribution in [-0.2, 0) is 18.0 Å². The van der Waals surface area contributed by atoms with Crippen molar-refractivity contribution in [2.45, 2.75) is 20.1 Å². The van der Waals surface area contributed by atoms with E-state index in [9.17, 15) is 4.79 Å². The van der Waals surface area contributed by atoms with E-state index in [2.05, 4.69) is 10.1 Å². The number of hydrogen-bond donors (Lipinski definition) is 1. The maximum Gasteiger partial charge on any atom is 0.260 e. The fourth-order valence-corrected chi connectivity index (χ4v) is 3.50. The molecule has 0 bridgehead atoms. The molecule has 162 valence electrons. The summed E-state index contributed by atoms with van der Waals surface area (Å²) in [6, 6.07) is 3.70. The lowest BCUT2D eigenvalue weighted by atomic mass is 10.1. The minimum absolute atomic E-state index is 0.0966. The van der Waals surface area contributed by atoms with Gasteiger partial charge in [0.15, 0.2) is 5.75 Å². The molecule has 10 heteroatoms. The summed E-state index contributed by atoms with van der Waals surface area (Å²) in [6.07, 6.45) is 5.06. The molecule has 0 spiro atoms. The van der Waals surface area contributed by atoms with Crippen LogP contribution < -0.4 is 20.1 Å². The van der Waals surface area contributed by atoms with Gasteiger partial charge < -0.3 is 19.9 Å². The summed E-state index contributed by atoms with van der Waals surface area (Å²) in [6.45, 7) is 3.33. The van der Waals surface area contributed by atoms with Gasteiger partial charge in [-0.1, -0.05) is 0 Å². The Kier molecular flexibility index (Phi) is 5.83. The molecule has 0 aliphatic carbocycles. The van der Waals surface area contributed by atoms with Crippen molar-refractivity contribution in [3.8, 4) is 22.9 Å². The largest absolute Gasteiger partial charge is 0.491 e. The van der Waals surface area contributed by atoms with Crippen molar-refractivity contribution < 1.29 is 19.0 Å². The van der Waals surface area contributed by atoms with E-state index in [4.69, 9.17) is 24.9 Å². The van der Waals surface area contributed by atoms with Crippen molar-refractivity contribution in [3.63, 3.8) is 0 Å². The smallest absolute Gasteiger partial charge is 0.260 e. The number of aromatic nitrogens is 4. The third kappa shape index (κ3) is 3.94. The standard InChI is InChI=1S/C21H24N6O4/c1-13-6-16(14-7-18(30-3)20(23-8-14)31-5-4-29-2)25-17-11-27(21(28)19(13)17)15-9-24-26(10-15)12-22/h6-10H,4-5,11-12,22H2,1-3H3. The van der Waals surface area contributed by atoms with Crippen LogP contribution in [0.25, 0.3) is 11.3 Å². The van der Waals surface area contributed by atoms with E-state index in [-0.39, 0.29) is 12.6 Å². The first-order valence-electron chi connectivity index (χ1n) is 9.76. The Hall–Kier alpha value is -3.50. The van der Waals surface area contributed by atoms with Gasteiger partial charge in [-0.25, -0.2) is 4.98 Å². The highest BCUT2D eigenvalue weighted by Crippen LogP contribution is 2.34. The second kappa shape index (κ2) is 8.70. The molecule has 1 amide bonds. The summed E-state index contributed by atoms with van der Waals surface area (Å²) >= 11 is 0. The van der Waals surface area contributed by atoms with Crippen LogP contribution in [0.5, 0.6) is 11.6 Å². The number of amides is 1. The normalized spacial score (nSPS) is 12.9. The molecular weight excluding hydrogens is 400 g/mol. The molecule has 0 aromatic carbocycles. The molecular formula is C21H24N6O4. The third-order valence-electron chi connectivity index (χ3n) is 5.04. The second-order valence-corrected chi connectivity index (χ2v) is 7.03. The Morgan fingerprint density at radius 1 is 1.19 bits per heavy atom. The molecule has 1 aliphatic heterocycles. The van der Waals surface area contributed by atoms with E-state index in [1.165, 1.54) is 0 Å². The predicted molar refractivity (Wildman–Crippen MR) is 113 cm³/mol. The summed E-state index contributed by atoms with van der Waals surface area (Å²) in [4.78, 5) is 23.8. The van der Waals surface area contributed by atoms with Crippen LogP contribution >= 0.6 is 0 Å². The topological polar surface area (TPSA) is 118 Å². The van der Waals surface area contributed by atoms with Crippen molar-refractivity contribution >= 4 is 11.6 Å². The number of anilines is 1. The fourth-order valence-electron chi connectivity index (χ4n) is 3.50. The van der Waals surface area contributed by atoms with Crippen LogP contribution in [0.3, 0.4) is 0 Å². The molecule has 0 saturated heterocycles. The van der Waals surface area contributed by atoms with Gasteiger partial charge in [0.1, 0.15) is 6.61 Å². The molecule has 0 saturated carbocycles. The van der Waals surface area contributed by atoms with Gasteiger partial charge in [0.05, 0.1) is 62.0 Å². The van der Waals surface area contributed by atoms with Gasteiger partial charge in [-0.3, -0.25) is 19.4 Å². The lowest BCUT2D eigenvalue weighted by Crippen LogP contribution is -2.23. The maximum absolute atomic E-state index is 13.0. The SMILES string of the molecule is COCCOc1ncc(-c2cc(C)c3c(n2)CN(c2cnn(CN)c2)C3=O)cc1OC. The number of carbonyl (C=O) groups is 1. The van der Waals surface area contributed by atoms with Crippen LogP contribution in [0.15, 0.2) is 30.7 Å². The summed E-state index contributed by atoms with van der Waals surface area (Å²) in [5.74, 6) is 0.792. The van der Waals surface area contributed by atoms with Gasteiger partial charge in [-0.2, -0.15) is 5.10 Å². The summed E-state index contributed by atoms with van der Waals surface area (Å²) in [5.41, 5.74) is 9.94. The van der Waals surface area contributed by atoms with Gasteiger partial charge in [0.2, 0.25) is 0 Å². The molecule has 10 nitrogen and oxygen atoms in total. The Labute approximate surface area is 179 Å². The molecule has 0 fully saturated rings. The average Bonchev–Trinajstić information content (AvgIpc) is 3.38. The first-order chi connectivity index (χ1) is 15.0. The van der Waals surface area contributed by atoms with E-state index < -0.39 is 0 Å². The van der Waals surface area contributed by atoms with Crippen molar-refractivity contribution in [2.24, 2.45) is 5.73 Å². The molecule has 31 heavy (non-hydrogen) atoms. The van der Waals surface area contributed by atoms with E-state index in [0.717, 1.165) is 11.1 Å². The number of pyridine rings is 2. The lowest BCUT2D eigenvalue weighted by Gasteiger charge is -2.12. The van der Waals surface area contributed by atoms with Crippen LogP contribution in [0.4, 0.5) is 5.69 Å². The third-order valence-corrected chi connectivity index (χ3v) is 5.04. The highest BCUT2D eigenvalue weighted by molar-refractivity contribution is 6.10. The Morgan fingerprint density at radius 2 is 2.03 bits per heavy atom. The molecule has 0 atom stereocenters. The number of nitrogens with two attached hydrogens (primary N) is 1. The second-order valence-electron chi connectivity index (χ2n) is 7.03. The molecule has 3 aromatic heterocycles. The number of rotatable bonds is 8. The Bertz CT molecular complexity index is 1110. The first-order valence-corrected chi connectivity index (χ1v) is 9.76. The quantitative estimate of drug-likeness (QED) is 0.544. The summed E-state index contributed by atoms with van der Waals surface area (Å²) < 4.78 is 17.6. The number of methoxy groups -OCH3 is 2. The minimum Gasteiger partial charge on any atom is -0.491 e. The molecule has 3 aromatic rings. The molecule has 4 rings (SSSR count). The van der Waals surface area contributed by atoms with Gasteiger partial charge in [-0.15, -0.1) is 0 Å². The van der Waals surface area contributed by atoms with Crippen molar-refractivity contribution in [2.75, 3.05) is 32.3 Å². The number of aryl methyl sites for hydroxylation is 1. The highest BCUT2D eigenvalue weighted by atomic mass is 16.5. The Balaban J connectivity index is 1.64. The minimum atomic E-state index is -0.0966. The number of fused-ring (bicyclic) bond motifs is 1. The van der Waals surface area contributed by atoms with Gasteiger partial charge in [0.25, 0.3) is 11.8 Å². The molecule has 1 aliphatic rings. The molecule has 0 radical (unpaired) electrons. The van der Waals surface area contributed by atoms with Gasteiger partial charge in [-0.05, 0) is 24.6 Å². The first kappa shape index (κ1) is 20.8. The van der Waals surface area contributed by atoms with E-state index in [1.807, 2.05) is 19.1 Å². The average molecular weight is 424 g/mol. The van der Waals surface area contributed by atoms with Crippen molar-refractivity contribution in [1.82, 2.24) is 19.7 Å². The number of carbonyl (C=O) groups excluding carboxylic acids is 1. The van der Waals surface area contributed by atoms with E-state index >= 15 is 0 Å². The van der Waals surface area contributed by atoms with Gasteiger partial charge in [0, 0.05) is 18.9 Å². The van der Waals surface area contributed by atoms with Crippen LogP contribution in [0.1, 0.15) is 21.6 Å². The number of ether oxygens (including phenoxy) is 3. The summed E-state index contributed by atoms with van der Waals surface area (Å²) in [7, 11) is 3.17. The zero-order valence-corrected chi connectivity index (χ0v) is 17.7. The van der Waals surface area contributed by atoms with Crippen molar-refractivity contribution in [3.05, 3.63) is 47.5 Å². The van der Waals surface area contributed by atoms with Crippen LogP contribution in [0.2, 0.25) is 0 Å². The van der Waals surface area contributed by atoms with Gasteiger partial charge >= 0.3 is 0 Å². The zero-order chi connectivity index (χ0) is 22.0. The maximum atomic E-state index is 13.0.